The van der Waals surface area contributed by atoms with E-state index < -0.39 is 5.79 Å². The number of carbonyl (C=O) groups is 1. The second-order valence-corrected chi connectivity index (χ2v) is 4.32. The zero-order valence-electron chi connectivity index (χ0n) is 9.99. The Morgan fingerprint density at radius 3 is 2.38 bits per heavy atom. The molecule has 2 aliphatic rings. The SMILES string of the molecule is COC1=CC(=O)C2CCCC1C2(OC)OC. The van der Waals surface area contributed by atoms with Crippen molar-refractivity contribution in [2.45, 2.75) is 25.0 Å². The monoisotopic (exact) mass is 226 g/mol. The predicted octanol–water partition coefficient (Wildman–Crippen LogP) is 1.50. The van der Waals surface area contributed by atoms with Crippen LogP contribution in [0.1, 0.15) is 19.3 Å². The number of fused-ring (bicyclic) bond motifs is 2. The molecule has 0 saturated heterocycles. The lowest BCUT2D eigenvalue weighted by atomic mass is 9.69. The minimum Gasteiger partial charge on any atom is -0.500 e. The van der Waals surface area contributed by atoms with Crippen molar-refractivity contribution in [3.63, 3.8) is 0 Å². The number of ether oxygens (including phenoxy) is 3. The van der Waals surface area contributed by atoms with Gasteiger partial charge < -0.3 is 14.2 Å². The van der Waals surface area contributed by atoms with Crippen LogP contribution >= 0.6 is 0 Å². The highest BCUT2D eigenvalue weighted by Crippen LogP contribution is 2.48. The van der Waals surface area contributed by atoms with Gasteiger partial charge in [-0.15, -0.1) is 0 Å². The molecule has 2 bridgehead atoms. The number of hydrogen-bond acceptors (Lipinski definition) is 4. The van der Waals surface area contributed by atoms with E-state index in [4.69, 9.17) is 14.2 Å². The van der Waals surface area contributed by atoms with Crippen LogP contribution in [0.25, 0.3) is 0 Å². The standard InChI is InChI=1S/C12H18O4/c1-14-11-7-10(13)8-5-4-6-9(11)12(8,15-2)16-3/h7-9H,4-6H2,1-3H3. The summed E-state index contributed by atoms with van der Waals surface area (Å²) in [7, 11) is 4.78. The van der Waals surface area contributed by atoms with Crippen LogP contribution in [0.15, 0.2) is 11.8 Å². The van der Waals surface area contributed by atoms with Crippen LogP contribution in [-0.2, 0) is 19.0 Å². The fourth-order valence-electron chi connectivity index (χ4n) is 3.05. The van der Waals surface area contributed by atoms with Crippen LogP contribution in [0.5, 0.6) is 0 Å². The fourth-order valence-corrected chi connectivity index (χ4v) is 3.05. The number of allylic oxidation sites excluding steroid dienone is 1. The summed E-state index contributed by atoms with van der Waals surface area (Å²) in [4.78, 5) is 12.0. The largest absolute Gasteiger partial charge is 0.500 e. The maximum atomic E-state index is 12.0. The highest BCUT2D eigenvalue weighted by Gasteiger charge is 2.56. The van der Waals surface area contributed by atoms with Crippen LogP contribution < -0.4 is 0 Å². The number of methoxy groups -OCH3 is 3. The quantitative estimate of drug-likeness (QED) is 0.684. The third-order valence-corrected chi connectivity index (χ3v) is 3.80. The van der Waals surface area contributed by atoms with E-state index in [9.17, 15) is 4.79 Å². The molecule has 90 valence electrons. The van der Waals surface area contributed by atoms with E-state index in [0.29, 0.717) is 5.76 Å². The molecule has 0 aromatic carbocycles. The average Bonchev–Trinajstić information content (AvgIpc) is 2.32. The van der Waals surface area contributed by atoms with Gasteiger partial charge in [0, 0.05) is 20.3 Å². The molecule has 0 heterocycles. The molecular weight excluding hydrogens is 208 g/mol. The normalized spacial score (nSPS) is 32.2. The Labute approximate surface area is 95.6 Å². The van der Waals surface area contributed by atoms with Crippen LogP contribution in [0.4, 0.5) is 0 Å². The molecule has 1 fully saturated rings. The van der Waals surface area contributed by atoms with Gasteiger partial charge in [-0.1, -0.05) is 6.42 Å². The van der Waals surface area contributed by atoms with Gasteiger partial charge in [0.2, 0.25) is 0 Å². The zero-order valence-corrected chi connectivity index (χ0v) is 9.99. The molecule has 0 radical (unpaired) electrons. The second-order valence-electron chi connectivity index (χ2n) is 4.32. The van der Waals surface area contributed by atoms with E-state index in [-0.39, 0.29) is 17.6 Å². The van der Waals surface area contributed by atoms with Gasteiger partial charge in [-0.2, -0.15) is 0 Å². The van der Waals surface area contributed by atoms with Crippen LogP contribution in [0.3, 0.4) is 0 Å². The van der Waals surface area contributed by atoms with Gasteiger partial charge in [-0.05, 0) is 12.8 Å². The minimum absolute atomic E-state index is 0.0314. The molecule has 4 heteroatoms. The third-order valence-electron chi connectivity index (χ3n) is 3.80. The summed E-state index contributed by atoms with van der Waals surface area (Å²) in [5, 5.41) is 0. The minimum atomic E-state index is -0.824. The summed E-state index contributed by atoms with van der Waals surface area (Å²) >= 11 is 0. The molecule has 0 aliphatic heterocycles. The molecule has 2 atom stereocenters. The van der Waals surface area contributed by atoms with E-state index in [1.165, 1.54) is 0 Å². The Hall–Kier alpha value is -0.870. The number of carbonyl (C=O) groups excluding carboxylic acids is 1. The first-order chi connectivity index (χ1) is 7.69. The Bertz CT molecular complexity index is 317. The molecule has 2 rings (SSSR count). The first-order valence-electron chi connectivity index (χ1n) is 5.59. The average molecular weight is 226 g/mol. The topological polar surface area (TPSA) is 44.8 Å². The highest BCUT2D eigenvalue weighted by atomic mass is 16.7. The summed E-state index contributed by atoms with van der Waals surface area (Å²) in [5.41, 5.74) is 0. The maximum absolute atomic E-state index is 12.0. The van der Waals surface area contributed by atoms with Gasteiger partial charge in [0.25, 0.3) is 0 Å². The van der Waals surface area contributed by atoms with Crippen LogP contribution in [0.2, 0.25) is 0 Å². The van der Waals surface area contributed by atoms with Crippen molar-refractivity contribution in [2.75, 3.05) is 21.3 Å². The smallest absolute Gasteiger partial charge is 0.187 e. The molecule has 0 N–H and O–H groups in total. The summed E-state index contributed by atoms with van der Waals surface area (Å²) in [6, 6.07) is 0. The molecule has 0 aromatic rings. The van der Waals surface area contributed by atoms with E-state index in [0.717, 1.165) is 19.3 Å². The second kappa shape index (κ2) is 4.18. The Kier molecular flexibility index (Phi) is 3.04. The first-order valence-corrected chi connectivity index (χ1v) is 5.59. The van der Waals surface area contributed by atoms with Gasteiger partial charge in [-0.3, -0.25) is 4.79 Å². The van der Waals surface area contributed by atoms with Gasteiger partial charge in [-0.25, -0.2) is 0 Å². The molecule has 2 aliphatic carbocycles. The van der Waals surface area contributed by atoms with Crippen LogP contribution in [0, 0.1) is 11.8 Å². The predicted molar refractivity (Wildman–Crippen MR) is 57.7 cm³/mol. The number of rotatable bonds is 3. The van der Waals surface area contributed by atoms with E-state index >= 15 is 0 Å². The molecule has 2 unspecified atom stereocenters. The van der Waals surface area contributed by atoms with Crippen LogP contribution in [-0.4, -0.2) is 32.9 Å². The summed E-state index contributed by atoms with van der Waals surface area (Å²) in [5.74, 6) is -0.250. The Morgan fingerprint density at radius 1 is 1.19 bits per heavy atom. The zero-order chi connectivity index (χ0) is 11.8. The number of hydrogen-bond donors (Lipinski definition) is 0. The lowest BCUT2D eigenvalue weighted by Gasteiger charge is -2.48. The molecule has 0 spiro atoms. The van der Waals surface area contributed by atoms with Crippen molar-refractivity contribution in [3.05, 3.63) is 11.8 Å². The van der Waals surface area contributed by atoms with Gasteiger partial charge in [0.05, 0.1) is 18.9 Å². The van der Waals surface area contributed by atoms with Crippen molar-refractivity contribution in [1.29, 1.82) is 0 Å². The van der Waals surface area contributed by atoms with Gasteiger partial charge >= 0.3 is 0 Å². The maximum Gasteiger partial charge on any atom is 0.187 e. The Morgan fingerprint density at radius 2 is 1.81 bits per heavy atom. The number of ketones is 1. The summed E-state index contributed by atoms with van der Waals surface area (Å²) < 4.78 is 16.4. The van der Waals surface area contributed by atoms with E-state index in [1.807, 2.05) is 0 Å². The van der Waals surface area contributed by atoms with Gasteiger partial charge in [0.15, 0.2) is 11.6 Å². The van der Waals surface area contributed by atoms with Crippen molar-refractivity contribution in [3.8, 4) is 0 Å². The molecule has 4 nitrogen and oxygen atoms in total. The lowest BCUT2D eigenvalue weighted by molar-refractivity contribution is -0.277. The van der Waals surface area contributed by atoms with Crippen molar-refractivity contribution in [1.82, 2.24) is 0 Å². The van der Waals surface area contributed by atoms with Crippen molar-refractivity contribution >= 4 is 5.78 Å². The van der Waals surface area contributed by atoms with Crippen molar-refractivity contribution in [2.24, 2.45) is 11.8 Å². The van der Waals surface area contributed by atoms with E-state index in [1.54, 1.807) is 27.4 Å². The molecule has 0 amide bonds. The molecule has 0 aromatic heterocycles. The first kappa shape index (κ1) is 11.6. The van der Waals surface area contributed by atoms with Crippen molar-refractivity contribution < 1.29 is 19.0 Å². The Balaban J connectivity index is 2.46. The highest BCUT2D eigenvalue weighted by molar-refractivity contribution is 5.94. The van der Waals surface area contributed by atoms with Gasteiger partial charge in [0.1, 0.15) is 5.76 Å². The fraction of sp³-hybridized carbons (Fsp3) is 0.750. The molecular formula is C12H18O4. The summed E-state index contributed by atoms with van der Waals surface area (Å²) in [6.07, 6.45) is 4.37. The third kappa shape index (κ3) is 1.40. The lowest BCUT2D eigenvalue weighted by Crippen LogP contribution is -2.56. The van der Waals surface area contributed by atoms with E-state index in [2.05, 4.69) is 0 Å². The summed E-state index contributed by atoms with van der Waals surface area (Å²) in [6.45, 7) is 0. The molecule has 1 saturated carbocycles. The molecule has 16 heavy (non-hydrogen) atoms.